The summed E-state index contributed by atoms with van der Waals surface area (Å²) in [4.78, 5) is 0. The van der Waals surface area contributed by atoms with Crippen LogP contribution in [0.2, 0.25) is 0 Å². The lowest BCUT2D eigenvalue weighted by Gasteiger charge is -2.23. The normalized spacial score (nSPS) is 23.0. The Balaban J connectivity index is 2.12. The van der Waals surface area contributed by atoms with Gasteiger partial charge >= 0.3 is 0 Å². The zero-order valence-electron chi connectivity index (χ0n) is 11.8. The highest BCUT2D eigenvalue weighted by molar-refractivity contribution is 5.99. The van der Waals surface area contributed by atoms with Crippen LogP contribution >= 0.6 is 0 Å². The molecule has 0 aliphatic carbocycles. The summed E-state index contributed by atoms with van der Waals surface area (Å²) in [5, 5.41) is 15.3. The molecular formula is C14H21N3O3. The maximum Gasteiger partial charge on any atom is 0.173 e. The van der Waals surface area contributed by atoms with Gasteiger partial charge in [-0.2, -0.15) is 0 Å². The molecule has 1 atom stereocenters. The number of rotatable bonds is 5. The van der Waals surface area contributed by atoms with E-state index in [2.05, 4.69) is 17.4 Å². The van der Waals surface area contributed by atoms with Gasteiger partial charge < -0.3 is 25.7 Å². The number of nitrogens with one attached hydrogen (secondary N) is 1. The number of methoxy groups -OCH3 is 1. The molecule has 1 unspecified atom stereocenters. The van der Waals surface area contributed by atoms with Crippen molar-refractivity contribution in [1.29, 1.82) is 0 Å². The molecule has 0 spiro atoms. The van der Waals surface area contributed by atoms with E-state index in [0.717, 1.165) is 25.2 Å². The number of oxime groups is 1. The number of hydrogen-bond donors (Lipinski definition) is 3. The zero-order chi connectivity index (χ0) is 14.6. The van der Waals surface area contributed by atoms with Crippen molar-refractivity contribution in [3.63, 3.8) is 0 Å². The molecule has 6 heteroatoms. The summed E-state index contributed by atoms with van der Waals surface area (Å²) in [5.41, 5.74) is 7.30. The molecule has 1 aromatic rings. The molecule has 1 fully saturated rings. The molecular weight excluding hydrogens is 258 g/mol. The summed E-state index contributed by atoms with van der Waals surface area (Å²) in [5.74, 6) is 0.624. The molecule has 1 aliphatic rings. The highest BCUT2D eigenvalue weighted by Gasteiger charge is 2.28. The van der Waals surface area contributed by atoms with Crippen LogP contribution in [0.25, 0.3) is 0 Å². The third-order valence-corrected chi connectivity index (χ3v) is 3.59. The van der Waals surface area contributed by atoms with E-state index in [1.54, 1.807) is 7.11 Å². The molecule has 0 radical (unpaired) electrons. The van der Waals surface area contributed by atoms with Crippen molar-refractivity contribution in [1.82, 2.24) is 5.32 Å². The van der Waals surface area contributed by atoms with Crippen LogP contribution in [0, 0.1) is 0 Å². The molecule has 2 rings (SSSR count). The Hall–Kier alpha value is -1.79. The Bertz CT molecular complexity index is 496. The second-order valence-corrected chi connectivity index (χ2v) is 5.24. The topological polar surface area (TPSA) is 89.1 Å². The number of hydrogen-bond acceptors (Lipinski definition) is 5. The van der Waals surface area contributed by atoms with Gasteiger partial charge in [0.25, 0.3) is 0 Å². The van der Waals surface area contributed by atoms with Gasteiger partial charge in [-0.25, -0.2) is 0 Å². The first-order valence-corrected chi connectivity index (χ1v) is 6.55. The molecule has 1 heterocycles. The van der Waals surface area contributed by atoms with Crippen LogP contribution in [-0.2, 0) is 11.3 Å². The van der Waals surface area contributed by atoms with E-state index in [-0.39, 0.29) is 11.4 Å². The van der Waals surface area contributed by atoms with E-state index in [1.165, 1.54) is 0 Å². The minimum absolute atomic E-state index is 0.0106. The van der Waals surface area contributed by atoms with Crippen molar-refractivity contribution in [3.05, 3.63) is 29.3 Å². The van der Waals surface area contributed by atoms with Gasteiger partial charge in [0, 0.05) is 18.7 Å². The van der Waals surface area contributed by atoms with E-state index in [1.807, 2.05) is 18.2 Å². The molecule has 110 valence electrons. The average molecular weight is 279 g/mol. The van der Waals surface area contributed by atoms with Crippen LogP contribution < -0.4 is 15.8 Å². The largest absolute Gasteiger partial charge is 0.496 e. The lowest BCUT2D eigenvalue weighted by atomic mass is 10.0. The van der Waals surface area contributed by atoms with Crippen LogP contribution in [0.5, 0.6) is 5.75 Å². The molecule has 0 amide bonds. The van der Waals surface area contributed by atoms with Gasteiger partial charge in [-0.05, 0) is 31.0 Å². The minimum Gasteiger partial charge on any atom is -0.496 e. The number of benzene rings is 1. The molecule has 20 heavy (non-hydrogen) atoms. The molecule has 1 saturated heterocycles. The summed E-state index contributed by atoms with van der Waals surface area (Å²) in [6, 6.07) is 5.64. The molecule has 0 aromatic heterocycles. The van der Waals surface area contributed by atoms with Gasteiger partial charge in [-0.15, -0.1) is 0 Å². The van der Waals surface area contributed by atoms with Gasteiger partial charge in [0.2, 0.25) is 0 Å². The zero-order valence-corrected chi connectivity index (χ0v) is 11.8. The van der Waals surface area contributed by atoms with E-state index >= 15 is 0 Å². The first-order valence-electron chi connectivity index (χ1n) is 6.55. The third-order valence-electron chi connectivity index (χ3n) is 3.59. The van der Waals surface area contributed by atoms with Crippen molar-refractivity contribution in [2.24, 2.45) is 10.9 Å². The average Bonchev–Trinajstić information content (AvgIpc) is 2.91. The van der Waals surface area contributed by atoms with E-state index < -0.39 is 0 Å². The van der Waals surface area contributed by atoms with E-state index in [0.29, 0.717) is 17.9 Å². The quantitative estimate of drug-likeness (QED) is 0.324. The van der Waals surface area contributed by atoms with E-state index in [9.17, 15) is 0 Å². The van der Waals surface area contributed by atoms with Gasteiger partial charge in [0.05, 0.1) is 19.3 Å². The fourth-order valence-corrected chi connectivity index (χ4v) is 2.24. The molecule has 6 nitrogen and oxygen atoms in total. The van der Waals surface area contributed by atoms with Crippen LogP contribution in [0.3, 0.4) is 0 Å². The molecule has 1 aliphatic heterocycles. The Morgan fingerprint density at radius 1 is 1.60 bits per heavy atom. The summed E-state index contributed by atoms with van der Waals surface area (Å²) in [6.45, 7) is 4.35. The Kier molecular flexibility index (Phi) is 4.46. The predicted molar refractivity (Wildman–Crippen MR) is 76.2 cm³/mol. The maximum atomic E-state index is 8.82. The lowest BCUT2D eigenvalue weighted by molar-refractivity contribution is 0.171. The lowest BCUT2D eigenvalue weighted by Crippen LogP contribution is -2.42. The van der Waals surface area contributed by atoms with E-state index in [4.69, 9.17) is 20.4 Å². The molecule has 4 N–H and O–H groups in total. The standard InChI is InChI=1S/C14H21N3O3/c1-14(5-6-20-9-14)16-8-10-3-4-12(19-2)11(7-10)13(15)17-18/h3-4,7,16,18H,5-6,8-9H2,1-2H3,(H2,15,17). The van der Waals surface area contributed by atoms with Gasteiger partial charge in [0.15, 0.2) is 5.84 Å². The summed E-state index contributed by atoms with van der Waals surface area (Å²) < 4.78 is 10.6. The van der Waals surface area contributed by atoms with Crippen molar-refractivity contribution >= 4 is 5.84 Å². The first kappa shape index (κ1) is 14.6. The maximum absolute atomic E-state index is 8.82. The van der Waals surface area contributed by atoms with Gasteiger partial charge in [-0.1, -0.05) is 11.2 Å². The number of amidine groups is 1. The summed E-state index contributed by atoms with van der Waals surface area (Å²) in [6.07, 6.45) is 0.996. The Labute approximate surface area is 118 Å². The van der Waals surface area contributed by atoms with Crippen LogP contribution in [0.15, 0.2) is 23.4 Å². The first-order chi connectivity index (χ1) is 9.58. The number of nitrogens with two attached hydrogens (primary N) is 1. The van der Waals surface area contributed by atoms with Crippen LogP contribution in [-0.4, -0.2) is 36.9 Å². The Morgan fingerprint density at radius 2 is 2.40 bits per heavy atom. The fourth-order valence-electron chi connectivity index (χ4n) is 2.24. The van der Waals surface area contributed by atoms with Crippen molar-refractivity contribution in [2.45, 2.75) is 25.4 Å². The van der Waals surface area contributed by atoms with Gasteiger partial charge in [-0.3, -0.25) is 0 Å². The SMILES string of the molecule is COc1ccc(CNC2(C)CCOC2)cc1/C(N)=N/O. The van der Waals surface area contributed by atoms with Crippen LogP contribution in [0.1, 0.15) is 24.5 Å². The van der Waals surface area contributed by atoms with Crippen molar-refractivity contribution < 1.29 is 14.7 Å². The highest BCUT2D eigenvalue weighted by atomic mass is 16.5. The highest BCUT2D eigenvalue weighted by Crippen LogP contribution is 2.22. The molecule has 0 bridgehead atoms. The number of nitrogens with zero attached hydrogens (tertiary/aromatic N) is 1. The summed E-state index contributed by atoms with van der Waals surface area (Å²) in [7, 11) is 1.55. The monoisotopic (exact) mass is 279 g/mol. The minimum atomic E-state index is 0.0106. The second-order valence-electron chi connectivity index (χ2n) is 5.24. The predicted octanol–water partition coefficient (Wildman–Crippen LogP) is 1.06. The van der Waals surface area contributed by atoms with Crippen LogP contribution in [0.4, 0.5) is 0 Å². The molecule has 1 aromatic carbocycles. The van der Waals surface area contributed by atoms with Crippen molar-refractivity contribution in [3.8, 4) is 5.75 Å². The molecule has 0 saturated carbocycles. The third kappa shape index (κ3) is 3.20. The number of ether oxygens (including phenoxy) is 2. The van der Waals surface area contributed by atoms with Gasteiger partial charge in [0.1, 0.15) is 5.75 Å². The van der Waals surface area contributed by atoms with Crippen molar-refractivity contribution in [2.75, 3.05) is 20.3 Å². The fraction of sp³-hybridized carbons (Fsp3) is 0.500. The second kappa shape index (κ2) is 6.11. The smallest absolute Gasteiger partial charge is 0.173 e. The summed E-state index contributed by atoms with van der Waals surface area (Å²) >= 11 is 0. The Morgan fingerprint density at radius 3 is 3.00 bits per heavy atom.